The van der Waals surface area contributed by atoms with Crippen molar-refractivity contribution in [2.24, 2.45) is 7.05 Å². The Bertz CT molecular complexity index is 712. The Morgan fingerprint density at radius 1 is 1.36 bits per heavy atom. The molecule has 1 amide bonds. The number of ketones is 1. The second-order valence-electron chi connectivity index (χ2n) is 5.78. The Hall–Kier alpha value is -2.22. The summed E-state index contributed by atoms with van der Waals surface area (Å²) in [7, 11) is 1.78. The summed E-state index contributed by atoms with van der Waals surface area (Å²) in [5.41, 5.74) is 0.634. The molecule has 0 bridgehead atoms. The number of Topliss-reactive ketones (excluding diaryl/α,β-unsaturated/α-hetero) is 1. The molecule has 0 spiro atoms. The van der Waals surface area contributed by atoms with Crippen LogP contribution < -0.4 is 5.32 Å². The van der Waals surface area contributed by atoms with Gasteiger partial charge in [-0.3, -0.25) is 14.8 Å². The highest BCUT2D eigenvalue weighted by molar-refractivity contribution is 7.18. The minimum atomic E-state index is -0.603. The molecule has 0 radical (unpaired) electrons. The van der Waals surface area contributed by atoms with Gasteiger partial charge in [0.1, 0.15) is 5.60 Å². The molecule has 0 aromatic carbocycles. The number of aryl methyl sites for hydroxylation is 1. The average molecular weight is 322 g/mol. The Labute approximate surface area is 132 Å². The number of carbonyl (C=O) groups is 2. The quantitative estimate of drug-likeness (QED) is 0.878. The zero-order valence-electron chi connectivity index (χ0n) is 13.1. The zero-order chi connectivity index (χ0) is 16.5. The first-order chi connectivity index (χ1) is 10.2. The molecular formula is C14H18N4O3S. The number of ether oxygens (including phenoxy) is 1. The number of rotatable bonds is 3. The van der Waals surface area contributed by atoms with E-state index in [1.54, 1.807) is 44.9 Å². The van der Waals surface area contributed by atoms with E-state index in [9.17, 15) is 9.59 Å². The molecule has 2 aromatic heterocycles. The van der Waals surface area contributed by atoms with Crippen LogP contribution in [0.1, 0.15) is 37.4 Å². The van der Waals surface area contributed by atoms with Crippen LogP contribution in [0.2, 0.25) is 0 Å². The van der Waals surface area contributed by atoms with Crippen LogP contribution in [-0.2, 0) is 11.8 Å². The zero-order valence-corrected chi connectivity index (χ0v) is 13.9. The van der Waals surface area contributed by atoms with Crippen LogP contribution in [0.25, 0.3) is 11.3 Å². The van der Waals surface area contributed by atoms with E-state index in [1.807, 2.05) is 0 Å². The third kappa shape index (κ3) is 3.91. The lowest BCUT2D eigenvalue weighted by Gasteiger charge is -2.18. The van der Waals surface area contributed by atoms with Crippen LogP contribution in [0.5, 0.6) is 0 Å². The van der Waals surface area contributed by atoms with Gasteiger partial charge in [-0.1, -0.05) is 11.3 Å². The number of anilines is 1. The van der Waals surface area contributed by atoms with Gasteiger partial charge in [-0.15, -0.1) is 0 Å². The van der Waals surface area contributed by atoms with Gasteiger partial charge in [0.2, 0.25) is 0 Å². The summed E-state index contributed by atoms with van der Waals surface area (Å²) in [5.74, 6) is -0.117. The van der Waals surface area contributed by atoms with Crippen LogP contribution in [0, 0.1) is 0 Å². The molecule has 0 fully saturated rings. The summed E-state index contributed by atoms with van der Waals surface area (Å²) < 4.78 is 6.80. The number of thiazole rings is 1. The molecule has 0 aliphatic heterocycles. The van der Waals surface area contributed by atoms with Crippen molar-refractivity contribution >= 4 is 28.3 Å². The maximum Gasteiger partial charge on any atom is 0.413 e. The van der Waals surface area contributed by atoms with Gasteiger partial charge in [0.15, 0.2) is 10.9 Å². The molecule has 0 saturated carbocycles. The number of amides is 1. The third-order valence-electron chi connectivity index (χ3n) is 2.53. The van der Waals surface area contributed by atoms with Crippen molar-refractivity contribution in [3.63, 3.8) is 0 Å². The lowest BCUT2D eigenvalue weighted by atomic mass is 10.2. The van der Waals surface area contributed by atoms with Crippen molar-refractivity contribution in [3.8, 4) is 11.3 Å². The number of aromatic nitrogens is 3. The molecule has 0 atom stereocenters. The first-order valence-corrected chi connectivity index (χ1v) is 7.48. The normalized spacial score (nSPS) is 11.3. The second-order valence-corrected chi connectivity index (χ2v) is 6.78. The molecule has 0 unspecified atom stereocenters. The number of carbonyl (C=O) groups excluding carboxylic acids is 2. The fraction of sp³-hybridized carbons (Fsp3) is 0.429. The average Bonchev–Trinajstić information content (AvgIpc) is 2.92. The van der Waals surface area contributed by atoms with Crippen molar-refractivity contribution < 1.29 is 14.3 Å². The fourth-order valence-electron chi connectivity index (χ4n) is 1.74. The highest BCUT2D eigenvalue weighted by Gasteiger charge is 2.21. The molecule has 2 aromatic rings. The van der Waals surface area contributed by atoms with Gasteiger partial charge >= 0.3 is 6.09 Å². The summed E-state index contributed by atoms with van der Waals surface area (Å²) in [6, 6.07) is 0. The Balaban J connectivity index is 2.28. The minimum absolute atomic E-state index is 0.117. The maximum atomic E-state index is 11.8. The van der Waals surface area contributed by atoms with Gasteiger partial charge in [-0.2, -0.15) is 5.10 Å². The summed E-state index contributed by atoms with van der Waals surface area (Å²) >= 11 is 1.12. The van der Waals surface area contributed by atoms with Crippen molar-refractivity contribution in [1.29, 1.82) is 0 Å². The number of hydrogen-bond acceptors (Lipinski definition) is 6. The topological polar surface area (TPSA) is 86.1 Å². The fourth-order valence-corrected chi connectivity index (χ4v) is 2.61. The van der Waals surface area contributed by atoms with Crippen LogP contribution in [0.3, 0.4) is 0 Å². The van der Waals surface area contributed by atoms with Crippen molar-refractivity contribution in [2.75, 3.05) is 5.32 Å². The molecule has 118 valence electrons. The predicted molar refractivity (Wildman–Crippen MR) is 84.2 cm³/mol. The van der Waals surface area contributed by atoms with Crippen LogP contribution >= 0.6 is 11.3 Å². The van der Waals surface area contributed by atoms with Crippen molar-refractivity contribution in [1.82, 2.24) is 14.8 Å². The number of nitrogens with zero attached hydrogens (tertiary/aromatic N) is 3. The molecule has 2 rings (SSSR count). The SMILES string of the molecule is CC(=O)c1sc(NC(=O)OC(C)(C)C)nc1-c1cnn(C)c1. The molecule has 7 nitrogen and oxygen atoms in total. The van der Waals surface area contributed by atoms with Crippen molar-refractivity contribution in [3.05, 3.63) is 17.3 Å². The lowest BCUT2D eigenvalue weighted by Crippen LogP contribution is -2.27. The van der Waals surface area contributed by atoms with E-state index in [1.165, 1.54) is 6.92 Å². The molecule has 0 aliphatic carbocycles. The first kappa shape index (κ1) is 16.2. The monoisotopic (exact) mass is 322 g/mol. The third-order valence-corrected chi connectivity index (χ3v) is 3.60. The van der Waals surface area contributed by atoms with E-state index in [0.717, 1.165) is 16.9 Å². The Kier molecular flexibility index (Phi) is 4.32. The van der Waals surface area contributed by atoms with Crippen LogP contribution in [-0.4, -0.2) is 32.2 Å². The van der Waals surface area contributed by atoms with Crippen LogP contribution in [0.15, 0.2) is 12.4 Å². The number of nitrogens with one attached hydrogen (secondary N) is 1. The lowest BCUT2D eigenvalue weighted by molar-refractivity contribution is 0.0635. The van der Waals surface area contributed by atoms with E-state index in [0.29, 0.717) is 15.7 Å². The molecule has 0 aliphatic rings. The molecular weight excluding hydrogens is 304 g/mol. The first-order valence-electron chi connectivity index (χ1n) is 6.66. The van der Waals surface area contributed by atoms with Gasteiger partial charge in [0, 0.05) is 25.7 Å². The molecule has 22 heavy (non-hydrogen) atoms. The summed E-state index contributed by atoms with van der Waals surface area (Å²) in [5, 5.41) is 6.95. The Morgan fingerprint density at radius 2 is 2.05 bits per heavy atom. The summed E-state index contributed by atoms with van der Waals surface area (Å²) in [6.45, 7) is 6.79. The maximum absolute atomic E-state index is 11.8. The molecule has 2 heterocycles. The highest BCUT2D eigenvalue weighted by Crippen LogP contribution is 2.31. The highest BCUT2D eigenvalue weighted by atomic mass is 32.1. The Morgan fingerprint density at radius 3 is 2.55 bits per heavy atom. The largest absolute Gasteiger partial charge is 0.444 e. The van der Waals surface area contributed by atoms with Gasteiger partial charge < -0.3 is 4.74 Å². The van der Waals surface area contributed by atoms with Crippen LogP contribution in [0.4, 0.5) is 9.93 Å². The van der Waals surface area contributed by atoms with E-state index in [-0.39, 0.29) is 5.78 Å². The molecule has 1 N–H and O–H groups in total. The van der Waals surface area contributed by atoms with Gasteiger partial charge in [0.05, 0.1) is 16.8 Å². The second kappa shape index (κ2) is 5.88. The van der Waals surface area contributed by atoms with Gasteiger partial charge in [-0.25, -0.2) is 9.78 Å². The van der Waals surface area contributed by atoms with Crippen molar-refractivity contribution in [2.45, 2.75) is 33.3 Å². The smallest absolute Gasteiger partial charge is 0.413 e. The summed E-state index contributed by atoms with van der Waals surface area (Å²) in [4.78, 5) is 28.4. The van der Waals surface area contributed by atoms with E-state index >= 15 is 0 Å². The summed E-state index contributed by atoms with van der Waals surface area (Å²) in [6.07, 6.45) is 2.78. The van der Waals surface area contributed by atoms with Gasteiger partial charge in [0.25, 0.3) is 0 Å². The van der Waals surface area contributed by atoms with E-state index in [4.69, 9.17) is 4.74 Å². The van der Waals surface area contributed by atoms with E-state index < -0.39 is 11.7 Å². The minimum Gasteiger partial charge on any atom is -0.444 e. The standard InChI is InChI=1S/C14H18N4O3S/c1-8(19)11-10(9-6-15-18(5)7-9)16-12(22-11)17-13(20)21-14(2,3)4/h6-7H,1-5H3,(H,16,17,20). The number of hydrogen-bond donors (Lipinski definition) is 1. The van der Waals surface area contributed by atoms with E-state index in [2.05, 4.69) is 15.4 Å². The molecule has 8 heteroatoms. The molecule has 0 saturated heterocycles. The predicted octanol–water partition coefficient (Wildman–Crippen LogP) is 3.09. The van der Waals surface area contributed by atoms with Gasteiger partial charge in [-0.05, 0) is 20.8 Å².